The van der Waals surface area contributed by atoms with Crippen LogP contribution in [0.3, 0.4) is 0 Å². The predicted molar refractivity (Wildman–Crippen MR) is 70.9 cm³/mol. The molecule has 0 aliphatic rings. The average Bonchev–Trinajstić information content (AvgIpc) is 2.28. The second-order valence-corrected chi connectivity index (χ2v) is 4.72. The van der Waals surface area contributed by atoms with Gasteiger partial charge in [-0.15, -0.1) is 0 Å². The maximum Gasteiger partial charge on any atom is 0.359 e. The number of rotatable bonds is 7. The van der Waals surface area contributed by atoms with Crippen molar-refractivity contribution < 1.29 is 19.5 Å². The van der Waals surface area contributed by atoms with Crippen LogP contribution in [0.1, 0.15) is 11.1 Å². The number of quaternary nitrogens is 1. The summed E-state index contributed by atoms with van der Waals surface area (Å²) in [7, 11) is 1.84. The van der Waals surface area contributed by atoms with Gasteiger partial charge >= 0.3 is 5.97 Å². The van der Waals surface area contributed by atoms with E-state index >= 15 is 0 Å². The number of aliphatic carboxylic acids is 1. The van der Waals surface area contributed by atoms with Gasteiger partial charge in [0.1, 0.15) is 13.1 Å². The van der Waals surface area contributed by atoms with Gasteiger partial charge in [0.2, 0.25) is 0 Å². The molecule has 2 N–H and O–H groups in total. The van der Waals surface area contributed by atoms with Crippen molar-refractivity contribution in [3.05, 3.63) is 42.0 Å². The minimum absolute atomic E-state index is 0.00374. The first kappa shape index (κ1) is 14.4. The van der Waals surface area contributed by atoms with Crippen LogP contribution >= 0.6 is 0 Å². The number of aliphatic hydroxyl groups is 1. The first-order valence-corrected chi connectivity index (χ1v) is 5.87. The molecule has 0 aliphatic carbocycles. The molecule has 98 valence electrons. The van der Waals surface area contributed by atoms with Gasteiger partial charge in [0.05, 0.1) is 13.7 Å². The van der Waals surface area contributed by atoms with Crippen molar-refractivity contribution in [3.63, 3.8) is 0 Å². The molecule has 1 unspecified atom stereocenters. The lowest BCUT2D eigenvalue weighted by Gasteiger charge is -2.32. The Bertz CT molecular complexity index is 414. The third-order valence-corrected chi connectivity index (χ3v) is 2.94. The third kappa shape index (κ3) is 4.31. The van der Waals surface area contributed by atoms with Gasteiger partial charge in [0.15, 0.2) is 6.54 Å². The molecule has 4 heteroatoms. The number of nitrogens with zero attached hydrogens (tertiary/aromatic N) is 1. The molecule has 0 fully saturated rings. The molecule has 0 saturated heterocycles. The van der Waals surface area contributed by atoms with Gasteiger partial charge in [-0.05, 0) is 5.56 Å². The molecule has 4 nitrogen and oxygen atoms in total. The molecule has 1 aromatic carbocycles. The van der Waals surface area contributed by atoms with E-state index in [0.717, 1.165) is 11.1 Å². The maximum atomic E-state index is 10.9. The lowest BCUT2D eigenvalue weighted by atomic mass is 10.1. The summed E-state index contributed by atoms with van der Waals surface area (Å²) in [6.07, 6.45) is 1.77. The Morgan fingerprint density at radius 2 is 2.00 bits per heavy atom. The smallest absolute Gasteiger partial charge is 0.359 e. The van der Waals surface area contributed by atoms with Crippen LogP contribution in [0.25, 0.3) is 6.08 Å². The van der Waals surface area contributed by atoms with Gasteiger partial charge in [-0.2, -0.15) is 0 Å². The predicted octanol–water partition coefficient (Wildman–Crippen LogP) is 1.35. The van der Waals surface area contributed by atoms with E-state index in [2.05, 4.69) is 6.58 Å². The number of aliphatic hydroxyl groups excluding tert-OH is 1. The van der Waals surface area contributed by atoms with E-state index in [9.17, 15) is 4.79 Å². The minimum atomic E-state index is -0.853. The summed E-state index contributed by atoms with van der Waals surface area (Å²) in [5.74, 6) is -0.853. The zero-order valence-electron chi connectivity index (χ0n) is 10.7. The van der Waals surface area contributed by atoms with Crippen molar-refractivity contribution in [3.8, 4) is 0 Å². The zero-order valence-corrected chi connectivity index (χ0v) is 10.7. The molecule has 0 bridgehead atoms. The molecule has 0 heterocycles. The van der Waals surface area contributed by atoms with Gasteiger partial charge in [-0.1, -0.05) is 36.9 Å². The Morgan fingerprint density at radius 1 is 1.39 bits per heavy atom. The monoisotopic (exact) mass is 250 g/mol. The Morgan fingerprint density at radius 3 is 2.44 bits per heavy atom. The van der Waals surface area contributed by atoms with Gasteiger partial charge in [0.25, 0.3) is 0 Å². The first-order valence-electron chi connectivity index (χ1n) is 5.87. The molecule has 0 aliphatic heterocycles. The number of carboxylic acids is 1. The molecule has 0 saturated carbocycles. The molecule has 0 spiro atoms. The second-order valence-electron chi connectivity index (χ2n) is 4.72. The van der Waals surface area contributed by atoms with Crippen LogP contribution in [0.5, 0.6) is 0 Å². The first-order chi connectivity index (χ1) is 8.49. The number of carbonyl (C=O) groups is 1. The average molecular weight is 250 g/mol. The van der Waals surface area contributed by atoms with Gasteiger partial charge in [-0.3, -0.25) is 0 Å². The number of carboxylic acid groups (broad SMARTS) is 1. The standard InChI is InChI=1S/C14H19NO3/c1-3-12-4-6-13(7-5-12)10-15(2,8-9-16)11-14(17)18/h3-7,16H,1,8-11H2,2H3/p+1. The second kappa shape index (κ2) is 6.33. The van der Waals surface area contributed by atoms with Crippen LogP contribution in [0.15, 0.2) is 30.8 Å². The summed E-state index contributed by atoms with van der Waals surface area (Å²) in [6, 6.07) is 7.83. The van der Waals surface area contributed by atoms with E-state index < -0.39 is 5.97 Å². The van der Waals surface area contributed by atoms with Gasteiger partial charge in [0, 0.05) is 5.56 Å². The molecule has 0 radical (unpaired) electrons. The molecule has 1 atom stereocenters. The van der Waals surface area contributed by atoms with Crippen LogP contribution in [0.4, 0.5) is 0 Å². The normalized spacial score (nSPS) is 13.9. The summed E-state index contributed by atoms with van der Waals surface area (Å²) in [5.41, 5.74) is 2.09. The van der Waals surface area contributed by atoms with Crippen molar-refractivity contribution in [2.45, 2.75) is 6.54 Å². The molecule has 18 heavy (non-hydrogen) atoms. The zero-order chi connectivity index (χ0) is 13.6. The highest BCUT2D eigenvalue weighted by Gasteiger charge is 2.25. The van der Waals surface area contributed by atoms with E-state index in [0.29, 0.717) is 17.6 Å². The Hall–Kier alpha value is -1.65. The molecule has 0 amide bonds. The number of likely N-dealkylation sites (N-methyl/N-ethyl adjacent to an activating group) is 1. The summed E-state index contributed by atoms with van der Waals surface area (Å²) < 4.78 is 0.291. The fourth-order valence-corrected chi connectivity index (χ4v) is 1.98. The molecule has 1 rings (SSSR count). The lowest BCUT2D eigenvalue weighted by Crippen LogP contribution is -2.48. The minimum Gasteiger partial charge on any atom is -0.477 e. The number of hydrogen-bond acceptors (Lipinski definition) is 2. The molecular formula is C14H20NO3+. The quantitative estimate of drug-likeness (QED) is 0.718. The summed E-state index contributed by atoms with van der Waals surface area (Å²) in [4.78, 5) is 10.9. The van der Waals surface area contributed by atoms with Crippen LogP contribution in [0.2, 0.25) is 0 Å². The van der Waals surface area contributed by atoms with Crippen LogP contribution < -0.4 is 0 Å². The van der Waals surface area contributed by atoms with E-state index in [-0.39, 0.29) is 13.2 Å². The van der Waals surface area contributed by atoms with Crippen LogP contribution in [0, 0.1) is 0 Å². The SMILES string of the molecule is C=Cc1ccc(C[N+](C)(CCO)CC(=O)O)cc1. The topological polar surface area (TPSA) is 57.5 Å². The summed E-state index contributed by atoms with van der Waals surface area (Å²) in [5, 5.41) is 18.0. The highest BCUT2D eigenvalue weighted by molar-refractivity contribution is 5.67. The van der Waals surface area contributed by atoms with E-state index in [1.54, 1.807) is 6.08 Å². The van der Waals surface area contributed by atoms with Crippen molar-refractivity contribution in [1.82, 2.24) is 0 Å². The van der Waals surface area contributed by atoms with Crippen molar-refractivity contribution >= 4 is 12.0 Å². The van der Waals surface area contributed by atoms with E-state index in [1.165, 1.54) is 0 Å². The fourth-order valence-electron chi connectivity index (χ4n) is 1.98. The van der Waals surface area contributed by atoms with Crippen molar-refractivity contribution in [2.75, 3.05) is 26.7 Å². The highest BCUT2D eigenvalue weighted by Crippen LogP contribution is 2.13. The number of benzene rings is 1. The fraction of sp³-hybridized carbons (Fsp3) is 0.357. The summed E-state index contributed by atoms with van der Waals surface area (Å²) in [6.45, 7) is 4.69. The van der Waals surface area contributed by atoms with Gasteiger partial charge in [-0.25, -0.2) is 4.79 Å². The van der Waals surface area contributed by atoms with E-state index in [1.807, 2.05) is 31.3 Å². The Balaban J connectivity index is 2.81. The largest absolute Gasteiger partial charge is 0.477 e. The van der Waals surface area contributed by atoms with Crippen LogP contribution in [-0.2, 0) is 11.3 Å². The molecule has 0 aromatic heterocycles. The lowest BCUT2D eigenvalue weighted by molar-refractivity contribution is -0.915. The van der Waals surface area contributed by atoms with Gasteiger partial charge < -0.3 is 14.7 Å². The Labute approximate surface area is 107 Å². The molecule has 1 aromatic rings. The molecular weight excluding hydrogens is 230 g/mol. The van der Waals surface area contributed by atoms with Crippen molar-refractivity contribution in [2.24, 2.45) is 0 Å². The third-order valence-electron chi connectivity index (χ3n) is 2.94. The maximum absolute atomic E-state index is 10.9. The number of hydrogen-bond donors (Lipinski definition) is 2. The summed E-state index contributed by atoms with van der Waals surface area (Å²) >= 11 is 0. The van der Waals surface area contributed by atoms with Crippen molar-refractivity contribution in [1.29, 1.82) is 0 Å². The Kier molecular flexibility index (Phi) is 5.07. The van der Waals surface area contributed by atoms with E-state index in [4.69, 9.17) is 10.2 Å². The van der Waals surface area contributed by atoms with Crippen LogP contribution in [-0.4, -0.2) is 47.4 Å². The highest BCUT2D eigenvalue weighted by atomic mass is 16.4.